The molecule has 1 unspecified atom stereocenters. The van der Waals surface area contributed by atoms with Crippen molar-refractivity contribution in [3.8, 4) is 0 Å². The molecule has 1 saturated heterocycles. The zero-order valence-electron chi connectivity index (χ0n) is 13.8. The summed E-state index contributed by atoms with van der Waals surface area (Å²) in [5, 5.41) is 10.2. The maximum atomic E-state index is 13.5. The van der Waals surface area contributed by atoms with Crippen molar-refractivity contribution in [3.05, 3.63) is 41.3 Å². The highest BCUT2D eigenvalue weighted by Crippen LogP contribution is 2.22. The molecule has 4 nitrogen and oxygen atoms in total. The van der Waals surface area contributed by atoms with Gasteiger partial charge in [0, 0.05) is 56.0 Å². The Morgan fingerprint density at radius 1 is 1.30 bits per heavy atom. The Morgan fingerprint density at radius 3 is 2.91 bits per heavy atom. The highest BCUT2D eigenvalue weighted by molar-refractivity contribution is 5.82. The summed E-state index contributed by atoms with van der Waals surface area (Å²) in [5.74, 6) is -0.246. The summed E-state index contributed by atoms with van der Waals surface area (Å²) in [6.45, 7) is 5.96. The van der Waals surface area contributed by atoms with Gasteiger partial charge in [-0.25, -0.2) is 4.39 Å². The summed E-state index contributed by atoms with van der Waals surface area (Å²) in [4.78, 5) is 9.18. The van der Waals surface area contributed by atoms with Gasteiger partial charge in [-0.05, 0) is 44.2 Å². The van der Waals surface area contributed by atoms with Crippen molar-refractivity contribution in [2.45, 2.75) is 25.9 Å². The lowest BCUT2D eigenvalue weighted by Gasteiger charge is -2.39. The first-order valence-electron chi connectivity index (χ1n) is 8.16. The van der Waals surface area contributed by atoms with Crippen LogP contribution < -0.4 is 0 Å². The number of aliphatic hydroxyl groups excluding tert-OH is 1. The second-order valence-electron chi connectivity index (χ2n) is 6.47. The molecule has 5 heteroatoms. The Balaban J connectivity index is 1.83. The first-order valence-corrected chi connectivity index (χ1v) is 8.16. The zero-order valence-corrected chi connectivity index (χ0v) is 13.8. The predicted molar refractivity (Wildman–Crippen MR) is 89.8 cm³/mol. The van der Waals surface area contributed by atoms with Gasteiger partial charge >= 0.3 is 0 Å². The second-order valence-corrected chi connectivity index (χ2v) is 6.47. The standard InChI is InChI=1S/C18H24FN3O/c1-13-9-14(17-4-3-15(19)10-18(17)20-13)11-22-7-6-21(2)16(12-22)5-8-23/h3-4,9-10,16,23H,5-8,11-12H2,1-2H3. The number of pyridine rings is 1. The van der Waals surface area contributed by atoms with E-state index < -0.39 is 0 Å². The first kappa shape index (κ1) is 16.3. The number of aryl methyl sites for hydroxylation is 1. The molecule has 1 N–H and O–H groups in total. The summed E-state index contributed by atoms with van der Waals surface area (Å²) in [6, 6.07) is 7.32. The van der Waals surface area contributed by atoms with Crippen molar-refractivity contribution in [1.82, 2.24) is 14.8 Å². The van der Waals surface area contributed by atoms with Gasteiger partial charge in [-0.1, -0.05) is 0 Å². The highest BCUT2D eigenvalue weighted by atomic mass is 19.1. The van der Waals surface area contributed by atoms with Gasteiger partial charge in [-0.3, -0.25) is 9.88 Å². The number of hydrogen-bond donors (Lipinski definition) is 1. The van der Waals surface area contributed by atoms with E-state index in [1.165, 1.54) is 17.7 Å². The Labute approximate surface area is 136 Å². The quantitative estimate of drug-likeness (QED) is 0.938. The number of piperazine rings is 1. The van der Waals surface area contributed by atoms with E-state index in [9.17, 15) is 9.50 Å². The molecule has 0 amide bonds. The molecule has 1 aromatic heterocycles. The minimum absolute atomic E-state index is 0.222. The van der Waals surface area contributed by atoms with Crippen LogP contribution in [0.1, 0.15) is 17.7 Å². The number of hydrogen-bond acceptors (Lipinski definition) is 4. The second kappa shape index (κ2) is 6.91. The van der Waals surface area contributed by atoms with Crippen LogP contribution in [0.3, 0.4) is 0 Å². The molecule has 2 heterocycles. The van der Waals surface area contributed by atoms with Gasteiger partial charge in [-0.15, -0.1) is 0 Å². The third-order valence-electron chi connectivity index (χ3n) is 4.70. The normalized spacial score (nSPS) is 20.3. The van der Waals surface area contributed by atoms with Crippen LogP contribution in [0.2, 0.25) is 0 Å². The molecule has 1 atom stereocenters. The van der Waals surface area contributed by atoms with E-state index >= 15 is 0 Å². The Hall–Kier alpha value is -1.56. The van der Waals surface area contributed by atoms with Crippen LogP contribution in [0.5, 0.6) is 0 Å². The number of aromatic nitrogens is 1. The molecular weight excluding hydrogens is 293 g/mol. The van der Waals surface area contributed by atoms with Gasteiger partial charge in [0.15, 0.2) is 0 Å². The van der Waals surface area contributed by atoms with Crippen LogP contribution in [0.4, 0.5) is 4.39 Å². The van der Waals surface area contributed by atoms with E-state index in [4.69, 9.17) is 0 Å². The first-order chi connectivity index (χ1) is 11.1. The molecule has 0 spiro atoms. The molecule has 1 aromatic carbocycles. The smallest absolute Gasteiger partial charge is 0.125 e. The van der Waals surface area contributed by atoms with Crippen LogP contribution >= 0.6 is 0 Å². The molecule has 0 saturated carbocycles. The average molecular weight is 317 g/mol. The van der Waals surface area contributed by atoms with Gasteiger partial charge in [0.2, 0.25) is 0 Å². The fourth-order valence-electron chi connectivity index (χ4n) is 3.41. The van der Waals surface area contributed by atoms with E-state index in [-0.39, 0.29) is 12.4 Å². The third-order valence-corrected chi connectivity index (χ3v) is 4.70. The molecule has 1 fully saturated rings. The minimum Gasteiger partial charge on any atom is -0.396 e. The van der Waals surface area contributed by atoms with Gasteiger partial charge in [-0.2, -0.15) is 0 Å². The van der Waals surface area contributed by atoms with Crippen LogP contribution in [0.25, 0.3) is 10.9 Å². The third kappa shape index (κ3) is 3.68. The Bertz CT molecular complexity index is 686. The average Bonchev–Trinajstić information content (AvgIpc) is 2.50. The van der Waals surface area contributed by atoms with E-state index in [2.05, 4.69) is 27.9 Å². The lowest BCUT2D eigenvalue weighted by atomic mass is 10.0. The number of halogens is 1. The van der Waals surface area contributed by atoms with E-state index in [0.717, 1.165) is 49.2 Å². The minimum atomic E-state index is -0.246. The SMILES string of the molecule is Cc1cc(CN2CCN(C)C(CCO)C2)c2ccc(F)cc2n1. The summed E-state index contributed by atoms with van der Waals surface area (Å²) in [5.41, 5.74) is 2.83. The monoisotopic (exact) mass is 317 g/mol. The molecule has 1 aliphatic rings. The predicted octanol–water partition coefficient (Wildman–Crippen LogP) is 2.18. The molecule has 3 rings (SSSR count). The van der Waals surface area contributed by atoms with Crippen molar-refractivity contribution in [2.24, 2.45) is 0 Å². The lowest BCUT2D eigenvalue weighted by Crippen LogP contribution is -2.51. The molecular formula is C18H24FN3O. The molecule has 2 aromatic rings. The van der Waals surface area contributed by atoms with Gasteiger partial charge < -0.3 is 10.0 Å². The lowest BCUT2D eigenvalue weighted by molar-refractivity contribution is 0.0745. The van der Waals surface area contributed by atoms with Crippen LogP contribution in [0.15, 0.2) is 24.3 Å². The van der Waals surface area contributed by atoms with Crippen LogP contribution in [-0.4, -0.2) is 59.2 Å². The van der Waals surface area contributed by atoms with Crippen LogP contribution in [-0.2, 0) is 6.54 Å². The number of nitrogens with zero attached hydrogens (tertiary/aromatic N) is 3. The number of likely N-dealkylation sites (N-methyl/N-ethyl adjacent to an activating group) is 1. The fraction of sp³-hybridized carbons (Fsp3) is 0.500. The Kier molecular flexibility index (Phi) is 4.90. The van der Waals surface area contributed by atoms with Gasteiger partial charge in [0.05, 0.1) is 5.52 Å². The molecule has 23 heavy (non-hydrogen) atoms. The number of fused-ring (bicyclic) bond motifs is 1. The maximum Gasteiger partial charge on any atom is 0.125 e. The number of rotatable bonds is 4. The number of aliphatic hydroxyl groups is 1. The van der Waals surface area contributed by atoms with Crippen molar-refractivity contribution >= 4 is 10.9 Å². The zero-order chi connectivity index (χ0) is 16.4. The summed E-state index contributed by atoms with van der Waals surface area (Å²) >= 11 is 0. The summed E-state index contributed by atoms with van der Waals surface area (Å²) in [7, 11) is 2.12. The molecule has 0 radical (unpaired) electrons. The van der Waals surface area contributed by atoms with Gasteiger partial charge in [0.25, 0.3) is 0 Å². The molecule has 0 bridgehead atoms. The topological polar surface area (TPSA) is 39.6 Å². The number of benzene rings is 1. The van der Waals surface area contributed by atoms with E-state index in [0.29, 0.717) is 6.04 Å². The summed E-state index contributed by atoms with van der Waals surface area (Å²) < 4.78 is 13.5. The highest BCUT2D eigenvalue weighted by Gasteiger charge is 2.24. The maximum absolute atomic E-state index is 13.5. The summed E-state index contributed by atoms with van der Waals surface area (Å²) in [6.07, 6.45) is 0.800. The largest absolute Gasteiger partial charge is 0.396 e. The van der Waals surface area contributed by atoms with Gasteiger partial charge in [0.1, 0.15) is 5.82 Å². The molecule has 0 aliphatic carbocycles. The van der Waals surface area contributed by atoms with Crippen molar-refractivity contribution in [3.63, 3.8) is 0 Å². The van der Waals surface area contributed by atoms with Crippen LogP contribution in [0, 0.1) is 12.7 Å². The molecule has 1 aliphatic heterocycles. The van der Waals surface area contributed by atoms with E-state index in [1.807, 2.05) is 13.0 Å². The van der Waals surface area contributed by atoms with E-state index in [1.54, 1.807) is 0 Å². The van der Waals surface area contributed by atoms with Crippen molar-refractivity contribution in [1.29, 1.82) is 0 Å². The van der Waals surface area contributed by atoms with Crippen molar-refractivity contribution < 1.29 is 9.50 Å². The van der Waals surface area contributed by atoms with Crippen molar-refractivity contribution in [2.75, 3.05) is 33.3 Å². The fourth-order valence-corrected chi connectivity index (χ4v) is 3.41. The Morgan fingerprint density at radius 2 is 2.13 bits per heavy atom. The molecule has 124 valence electrons.